The maximum atomic E-state index is 10.8. The molecular weight excluding hydrogens is 341 g/mol. The molecule has 0 fully saturated rings. The molecule has 0 aliphatic carbocycles. The topological polar surface area (TPSA) is 79.4 Å². The number of carbonyl (C=O) groups is 1. The summed E-state index contributed by atoms with van der Waals surface area (Å²) in [5.74, 6) is 0.438. The SMILES string of the molecule is CC(C)Oc1cc(COC(N)=O)n(Cc2ccc(Cl)cc2Cl)n1. The molecule has 0 spiro atoms. The third-order valence-corrected chi connectivity index (χ3v) is 3.48. The van der Waals surface area contributed by atoms with Crippen LogP contribution < -0.4 is 10.5 Å². The van der Waals surface area contributed by atoms with Gasteiger partial charge >= 0.3 is 6.09 Å². The second-order valence-corrected chi connectivity index (χ2v) is 5.99. The summed E-state index contributed by atoms with van der Waals surface area (Å²) in [5, 5.41) is 5.44. The number of halogens is 2. The second-order valence-electron chi connectivity index (χ2n) is 5.14. The van der Waals surface area contributed by atoms with Gasteiger partial charge in [-0.15, -0.1) is 5.10 Å². The van der Waals surface area contributed by atoms with Crippen molar-refractivity contribution < 1.29 is 14.3 Å². The van der Waals surface area contributed by atoms with Crippen LogP contribution in [-0.2, 0) is 17.9 Å². The van der Waals surface area contributed by atoms with Crippen LogP contribution in [0.1, 0.15) is 25.1 Å². The van der Waals surface area contributed by atoms with Crippen LogP contribution in [0.3, 0.4) is 0 Å². The van der Waals surface area contributed by atoms with Crippen molar-refractivity contribution in [3.8, 4) is 5.88 Å². The van der Waals surface area contributed by atoms with E-state index in [2.05, 4.69) is 5.10 Å². The van der Waals surface area contributed by atoms with Gasteiger partial charge in [0.1, 0.15) is 6.61 Å². The number of benzene rings is 1. The molecule has 1 heterocycles. The molecule has 1 aromatic carbocycles. The summed E-state index contributed by atoms with van der Waals surface area (Å²) < 4.78 is 12.1. The van der Waals surface area contributed by atoms with Crippen LogP contribution in [-0.4, -0.2) is 22.0 Å². The van der Waals surface area contributed by atoms with Crippen LogP contribution in [0, 0.1) is 0 Å². The van der Waals surface area contributed by atoms with E-state index in [-0.39, 0.29) is 12.7 Å². The first-order valence-corrected chi connectivity index (χ1v) is 7.70. The molecule has 0 atom stereocenters. The van der Waals surface area contributed by atoms with Gasteiger partial charge in [0, 0.05) is 16.1 Å². The predicted molar refractivity (Wildman–Crippen MR) is 87.9 cm³/mol. The third-order valence-electron chi connectivity index (χ3n) is 2.89. The smallest absolute Gasteiger partial charge is 0.404 e. The number of amides is 1. The molecule has 1 aromatic heterocycles. The largest absolute Gasteiger partial charge is 0.474 e. The average Bonchev–Trinajstić information content (AvgIpc) is 2.80. The Morgan fingerprint density at radius 1 is 1.35 bits per heavy atom. The average molecular weight is 358 g/mol. The number of ether oxygens (including phenoxy) is 2. The minimum atomic E-state index is -0.853. The fraction of sp³-hybridized carbons (Fsp3) is 0.333. The van der Waals surface area contributed by atoms with Crippen LogP contribution in [0.5, 0.6) is 5.88 Å². The normalized spacial score (nSPS) is 10.8. The van der Waals surface area contributed by atoms with E-state index in [4.69, 9.17) is 38.4 Å². The van der Waals surface area contributed by atoms with Crippen molar-refractivity contribution in [3.63, 3.8) is 0 Å². The number of primary amides is 1. The van der Waals surface area contributed by atoms with Crippen molar-refractivity contribution in [2.75, 3.05) is 0 Å². The number of aromatic nitrogens is 2. The summed E-state index contributed by atoms with van der Waals surface area (Å²) in [6, 6.07) is 6.92. The van der Waals surface area contributed by atoms with Crippen molar-refractivity contribution in [1.29, 1.82) is 0 Å². The van der Waals surface area contributed by atoms with E-state index in [0.717, 1.165) is 5.56 Å². The summed E-state index contributed by atoms with van der Waals surface area (Å²) in [6.07, 6.45) is -0.879. The minimum absolute atomic E-state index is 0.00496. The first-order valence-electron chi connectivity index (χ1n) is 6.94. The molecule has 0 aliphatic heterocycles. The van der Waals surface area contributed by atoms with Gasteiger partial charge in [0.15, 0.2) is 0 Å². The third kappa shape index (κ3) is 5.04. The quantitative estimate of drug-likeness (QED) is 0.855. The molecule has 0 saturated heterocycles. The van der Waals surface area contributed by atoms with Gasteiger partial charge in [0.05, 0.1) is 18.3 Å². The highest BCUT2D eigenvalue weighted by Gasteiger charge is 2.13. The summed E-state index contributed by atoms with van der Waals surface area (Å²) in [5.41, 5.74) is 6.49. The lowest BCUT2D eigenvalue weighted by Gasteiger charge is -2.09. The Balaban J connectivity index is 2.26. The van der Waals surface area contributed by atoms with Crippen molar-refractivity contribution in [1.82, 2.24) is 9.78 Å². The van der Waals surface area contributed by atoms with E-state index in [1.54, 1.807) is 22.9 Å². The molecular formula is C15H17Cl2N3O3. The molecule has 2 aromatic rings. The standard InChI is InChI=1S/C15H17Cl2N3O3/c1-9(2)23-14-6-12(8-22-15(18)21)20(19-14)7-10-3-4-11(16)5-13(10)17/h3-6,9H,7-8H2,1-2H3,(H2,18,21). The Bertz CT molecular complexity index is 701. The first kappa shape index (κ1) is 17.4. The van der Waals surface area contributed by atoms with Gasteiger partial charge in [-0.3, -0.25) is 4.68 Å². The summed E-state index contributed by atoms with van der Waals surface area (Å²) in [4.78, 5) is 10.8. The van der Waals surface area contributed by atoms with Crippen molar-refractivity contribution in [3.05, 3.63) is 45.6 Å². The molecule has 0 radical (unpaired) electrons. The number of carbonyl (C=O) groups excluding carboxylic acids is 1. The van der Waals surface area contributed by atoms with Gasteiger partial charge in [-0.1, -0.05) is 29.3 Å². The van der Waals surface area contributed by atoms with Crippen molar-refractivity contribution >= 4 is 29.3 Å². The monoisotopic (exact) mass is 357 g/mol. The van der Waals surface area contributed by atoms with Crippen LogP contribution in [0.4, 0.5) is 4.79 Å². The maximum Gasteiger partial charge on any atom is 0.404 e. The molecule has 0 saturated carbocycles. The number of hydrogen-bond donors (Lipinski definition) is 1. The molecule has 1 amide bonds. The van der Waals surface area contributed by atoms with Gasteiger partial charge in [0.2, 0.25) is 5.88 Å². The molecule has 8 heteroatoms. The Morgan fingerprint density at radius 2 is 2.09 bits per heavy atom. The van der Waals surface area contributed by atoms with Gasteiger partial charge in [-0.2, -0.15) is 0 Å². The van der Waals surface area contributed by atoms with Crippen LogP contribution in [0.2, 0.25) is 10.0 Å². The van der Waals surface area contributed by atoms with Crippen LogP contribution >= 0.6 is 23.2 Å². The first-order chi connectivity index (χ1) is 10.8. The summed E-state index contributed by atoms with van der Waals surface area (Å²) in [7, 11) is 0. The molecule has 2 N–H and O–H groups in total. The molecule has 23 heavy (non-hydrogen) atoms. The van der Waals surface area contributed by atoms with Gasteiger partial charge in [-0.25, -0.2) is 4.79 Å². The van der Waals surface area contributed by atoms with E-state index < -0.39 is 6.09 Å². The van der Waals surface area contributed by atoms with Gasteiger partial charge in [-0.05, 0) is 31.5 Å². The Kier molecular flexibility index (Phi) is 5.74. The lowest BCUT2D eigenvalue weighted by atomic mass is 10.2. The molecule has 0 unspecified atom stereocenters. The molecule has 6 nitrogen and oxygen atoms in total. The number of nitrogens with two attached hydrogens (primary N) is 1. The van der Waals surface area contributed by atoms with E-state index in [0.29, 0.717) is 28.2 Å². The molecule has 2 rings (SSSR count). The minimum Gasteiger partial charge on any atom is -0.474 e. The number of hydrogen-bond acceptors (Lipinski definition) is 4. The number of nitrogens with zero attached hydrogens (tertiary/aromatic N) is 2. The number of rotatable bonds is 6. The van der Waals surface area contributed by atoms with Crippen molar-refractivity contribution in [2.45, 2.75) is 33.1 Å². The van der Waals surface area contributed by atoms with Crippen LogP contribution in [0.25, 0.3) is 0 Å². The molecule has 0 aliphatic rings. The molecule has 0 bridgehead atoms. The highest BCUT2D eigenvalue weighted by molar-refractivity contribution is 6.35. The van der Waals surface area contributed by atoms with Crippen molar-refractivity contribution in [2.24, 2.45) is 5.73 Å². The van der Waals surface area contributed by atoms with E-state index in [1.165, 1.54) is 0 Å². The Hall–Kier alpha value is -1.92. The van der Waals surface area contributed by atoms with Crippen LogP contribution in [0.15, 0.2) is 24.3 Å². The lowest BCUT2D eigenvalue weighted by molar-refractivity contribution is 0.147. The van der Waals surface area contributed by atoms with Gasteiger partial charge < -0.3 is 15.2 Å². The van der Waals surface area contributed by atoms with E-state index >= 15 is 0 Å². The highest BCUT2D eigenvalue weighted by Crippen LogP contribution is 2.23. The second kappa shape index (κ2) is 7.57. The van der Waals surface area contributed by atoms with Gasteiger partial charge in [0.25, 0.3) is 0 Å². The highest BCUT2D eigenvalue weighted by atomic mass is 35.5. The summed E-state index contributed by atoms with van der Waals surface area (Å²) >= 11 is 12.1. The Morgan fingerprint density at radius 3 is 2.70 bits per heavy atom. The predicted octanol–water partition coefficient (Wildman–Crippen LogP) is 3.62. The van der Waals surface area contributed by atoms with E-state index in [1.807, 2.05) is 19.9 Å². The summed E-state index contributed by atoms with van der Waals surface area (Å²) in [6.45, 7) is 4.17. The maximum absolute atomic E-state index is 10.8. The lowest BCUT2D eigenvalue weighted by Crippen LogP contribution is -2.15. The molecule has 124 valence electrons. The fourth-order valence-corrected chi connectivity index (χ4v) is 2.41. The van der Waals surface area contributed by atoms with E-state index in [9.17, 15) is 4.79 Å². The Labute approximate surface area is 144 Å². The zero-order valence-electron chi connectivity index (χ0n) is 12.8. The zero-order chi connectivity index (χ0) is 17.0. The zero-order valence-corrected chi connectivity index (χ0v) is 14.3. The fourth-order valence-electron chi connectivity index (χ4n) is 1.94.